The van der Waals surface area contributed by atoms with Crippen molar-refractivity contribution < 1.29 is 14.7 Å². The van der Waals surface area contributed by atoms with Gasteiger partial charge in [-0.25, -0.2) is 0 Å². The van der Waals surface area contributed by atoms with E-state index < -0.39 is 12.0 Å². The average Bonchev–Trinajstić information content (AvgIpc) is 2.70. The van der Waals surface area contributed by atoms with Crippen LogP contribution in [0.15, 0.2) is 17.5 Å². The molecule has 1 rings (SSSR count). The van der Waals surface area contributed by atoms with Gasteiger partial charge >= 0.3 is 5.97 Å². The molecule has 1 aromatic heterocycles. The Hall–Kier alpha value is -1.40. The van der Waals surface area contributed by atoms with Crippen LogP contribution in [0.2, 0.25) is 0 Å². The number of hydrogen-bond donors (Lipinski definition) is 3. The predicted octanol–water partition coefficient (Wildman–Crippen LogP) is 0.280. The van der Waals surface area contributed by atoms with Crippen LogP contribution in [0.1, 0.15) is 16.1 Å². The van der Waals surface area contributed by atoms with E-state index in [1.165, 1.54) is 11.3 Å². The summed E-state index contributed by atoms with van der Waals surface area (Å²) in [5.74, 6) is -1.25. The van der Waals surface area contributed by atoms with Gasteiger partial charge in [-0.3, -0.25) is 9.59 Å². The van der Waals surface area contributed by atoms with E-state index in [-0.39, 0.29) is 18.9 Å². The minimum absolute atomic E-state index is 0.192. The quantitative estimate of drug-likeness (QED) is 0.675. The van der Waals surface area contributed by atoms with Crippen molar-refractivity contribution in [2.45, 2.75) is 12.5 Å². The Balaban J connectivity index is 2.27. The third-order valence-electron chi connectivity index (χ3n) is 1.80. The molecule has 0 saturated heterocycles. The molecule has 0 aliphatic heterocycles. The molecule has 5 nitrogen and oxygen atoms in total. The Bertz CT molecular complexity index is 337. The van der Waals surface area contributed by atoms with E-state index in [1.54, 1.807) is 17.5 Å². The first kappa shape index (κ1) is 11.7. The highest BCUT2D eigenvalue weighted by Gasteiger charge is 2.12. The van der Waals surface area contributed by atoms with Crippen LogP contribution in [0.5, 0.6) is 0 Å². The largest absolute Gasteiger partial charge is 0.480 e. The molecule has 0 radical (unpaired) electrons. The van der Waals surface area contributed by atoms with Crippen LogP contribution in [0.3, 0.4) is 0 Å². The van der Waals surface area contributed by atoms with Gasteiger partial charge in [0.05, 0.1) is 4.88 Å². The number of carboxylic acid groups (broad SMARTS) is 1. The predicted molar refractivity (Wildman–Crippen MR) is 56.9 cm³/mol. The van der Waals surface area contributed by atoms with Gasteiger partial charge in [0.1, 0.15) is 6.04 Å². The fourth-order valence-corrected chi connectivity index (χ4v) is 1.60. The molecule has 0 saturated carbocycles. The topological polar surface area (TPSA) is 92.4 Å². The lowest BCUT2D eigenvalue weighted by Crippen LogP contribution is -2.35. The molecule has 0 fully saturated rings. The van der Waals surface area contributed by atoms with Crippen LogP contribution in [-0.2, 0) is 4.79 Å². The summed E-state index contributed by atoms with van der Waals surface area (Å²) in [6.07, 6.45) is 0.229. The van der Waals surface area contributed by atoms with Crippen LogP contribution in [0.4, 0.5) is 0 Å². The molecule has 15 heavy (non-hydrogen) atoms. The van der Waals surface area contributed by atoms with Gasteiger partial charge in [0.15, 0.2) is 0 Å². The molecule has 0 aromatic carbocycles. The van der Waals surface area contributed by atoms with Crippen LogP contribution in [0, 0.1) is 0 Å². The van der Waals surface area contributed by atoms with E-state index in [0.29, 0.717) is 4.88 Å². The van der Waals surface area contributed by atoms with Crippen LogP contribution in [-0.4, -0.2) is 29.6 Å². The average molecular weight is 228 g/mol. The number of carbonyl (C=O) groups excluding carboxylic acids is 1. The molecule has 1 unspecified atom stereocenters. The minimum Gasteiger partial charge on any atom is -0.480 e. The second kappa shape index (κ2) is 5.47. The first-order chi connectivity index (χ1) is 7.11. The summed E-state index contributed by atoms with van der Waals surface area (Å²) >= 11 is 1.34. The minimum atomic E-state index is -1.06. The summed E-state index contributed by atoms with van der Waals surface area (Å²) in [6, 6.07) is 2.56. The number of hydrogen-bond acceptors (Lipinski definition) is 4. The normalized spacial score (nSPS) is 12.1. The number of aliphatic carboxylic acids is 1. The number of nitrogens with two attached hydrogens (primary N) is 1. The number of thiophene rings is 1. The first-order valence-electron chi connectivity index (χ1n) is 4.41. The third-order valence-corrected chi connectivity index (χ3v) is 2.67. The summed E-state index contributed by atoms with van der Waals surface area (Å²) in [6.45, 7) is 0.268. The smallest absolute Gasteiger partial charge is 0.320 e. The lowest BCUT2D eigenvalue weighted by molar-refractivity contribution is -0.138. The summed E-state index contributed by atoms with van der Waals surface area (Å²) in [5.41, 5.74) is 5.27. The number of carboxylic acids is 1. The van der Waals surface area contributed by atoms with Gasteiger partial charge in [0.2, 0.25) is 0 Å². The van der Waals surface area contributed by atoms with Crippen molar-refractivity contribution in [2.75, 3.05) is 6.54 Å². The van der Waals surface area contributed by atoms with E-state index in [2.05, 4.69) is 5.32 Å². The monoisotopic (exact) mass is 228 g/mol. The zero-order chi connectivity index (χ0) is 11.3. The van der Waals surface area contributed by atoms with Crippen molar-refractivity contribution in [1.82, 2.24) is 5.32 Å². The Kier molecular flexibility index (Phi) is 4.26. The Morgan fingerprint density at radius 2 is 2.33 bits per heavy atom. The van der Waals surface area contributed by atoms with Crippen LogP contribution >= 0.6 is 11.3 Å². The second-order valence-electron chi connectivity index (χ2n) is 2.97. The van der Waals surface area contributed by atoms with Crippen molar-refractivity contribution in [1.29, 1.82) is 0 Å². The molecular weight excluding hydrogens is 216 g/mol. The molecule has 1 heterocycles. The van der Waals surface area contributed by atoms with Gasteiger partial charge in [-0.05, 0) is 17.9 Å². The standard InChI is InChI=1S/C9H12N2O3S/c10-6(9(13)14)3-4-11-8(12)7-2-1-5-15-7/h1-2,5-6H,3-4,10H2,(H,11,12)(H,13,14). The van der Waals surface area contributed by atoms with E-state index in [9.17, 15) is 9.59 Å². The summed E-state index contributed by atoms with van der Waals surface area (Å²) in [4.78, 5) is 22.3. The summed E-state index contributed by atoms with van der Waals surface area (Å²) < 4.78 is 0. The van der Waals surface area contributed by atoms with Gasteiger partial charge in [-0.1, -0.05) is 6.07 Å². The van der Waals surface area contributed by atoms with Crippen molar-refractivity contribution >= 4 is 23.2 Å². The van der Waals surface area contributed by atoms with Crippen LogP contribution < -0.4 is 11.1 Å². The van der Waals surface area contributed by atoms with Crippen molar-refractivity contribution in [2.24, 2.45) is 5.73 Å². The molecule has 0 bridgehead atoms. The maximum absolute atomic E-state index is 11.4. The first-order valence-corrected chi connectivity index (χ1v) is 5.29. The zero-order valence-electron chi connectivity index (χ0n) is 7.97. The molecule has 1 amide bonds. The molecule has 1 aromatic rings. The number of amides is 1. The highest BCUT2D eigenvalue weighted by Crippen LogP contribution is 2.07. The Morgan fingerprint density at radius 3 is 2.87 bits per heavy atom. The van der Waals surface area contributed by atoms with E-state index in [1.807, 2.05) is 0 Å². The van der Waals surface area contributed by atoms with Crippen molar-refractivity contribution in [3.05, 3.63) is 22.4 Å². The molecule has 4 N–H and O–H groups in total. The SMILES string of the molecule is NC(CCNC(=O)c1cccs1)C(=O)O. The third kappa shape index (κ3) is 3.69. The van der Waals surface area contributed by atoms with E-state index >= 15 is 0 Å². The van der Waals surface area contributed by atoms with Gasteiger partial charge in [-0.2, -0.15) is 0 Å². The molecular formula is C9H12N2O3S. The maximum atomic E-state index is 11.4. The maximum Gasteiger partial charge on any atom is 0.320 e. The van der Waals surface area contributed by atoms with E-state index in [0.717, 1.165) is 0 Å². The highest BCUT2D eigenvalue weighted by atomic mass is 32.1. The fourth-order valence-electron chi connectivity index (χ4n) is 0.960. The Morgan fingerprint density at radius 1 is 1.60 bits per heavy atom. The fraction of sp³-hybridized carbons (Fsp3) is 0.333. The number of nitrogens with one attached hydrogen (secondary N) is 1. The second-order valence-corrected chi connectivity index (χ2v) is 3.91. The molecule has 6 heteroatoms. The van der Waals surface area contributed by atoms with Crippen LogP contribution in [0.25, 0.3) is 0 Å². The Labute approximate surface area is 90.9 Å². The van der Waals surface area contributed by atoms with Gasteiger partial charge < -0.3 is 16.2 Å². The molecule has 0 aliphatic carbocycles. The van der Waals surface area contributed by atoms with Crippen molar-refractivity contribution in [3.8, 4) is 0 Å². The zero-order valence-corrected chi connectivity index (χ0v) is 8.79. The lowest BCUT2D eigenvalue weighted by atomic mass is 10.2. The van der Waals surface area contributed by atoms with Gasteiger partial charge in [-0.15, -0.1) is 11.3 Å². The van der Waals surface area contributed by atoms with Gasteiger partial charge in [0.25, 0.3) is 5.91 Å². The molecule has 1 atom stereocenters. The summed E-state index contributed by atoms with van der Waals surface area (Å²) in [7, 11) is 0. The van der Waals surface area contributed by atoms with E-state index in [4.69, 9.17) is 10.8 Å². The number of carbonyl (C=O) groups is 2. The number of rotatable bonds is 5. The highest BCUT2D eigenvalue weighted by molar-refractivity contribution is 7.12. The molecule has 82 valence electrons. The summed E-state index contributed by atoms with van der Waals surface area (Å²) in [5, 5.41) is 12.9. The lowest BCUT2D eigenvalue weighted by Gasteiger charge is -2.06. The molecule has 0 spiro atoms. The molecule has 0 aliphatic rings. The van der Waals surface area contributed by atoms with Crippen molar-refractivity contribution in [3.63, 3.8) is 0 Å². The van der Waals surface area contributed by atoms with Gasteiger partial charge in [0, 0.05) is 6.54 Å².